The molecule has 0 amide bonds. The third kappa shape index (κ3) is 3.97. The molecule has 2 rings (SSSR count). The van der Waals surface area contributed by atoms with Crippen LogP contribution in [0.1, 0.15) is 51.3 Å². The summed E-state index contributed by atoms with van der Waals surface area (Å²) in [5.41, 5.74) is 2.98. The van der Waals surface area contributed by atoms with Crippen molar-refractivity contribution in [3.63, 3.8) is 0 Å². The first-order chi connectivity index (χ1) is 10.4. The first-order valence-corrected chi connectivity index (χ1v) is 7.74. The van der Waals surface area contributed by atoms with E-state index in [9.17, 15) is 4.79 Å². The van der Waals surface area contributed by atoms with Gasteiger partial charge in [0, 0.05) is 12.5 Å². The van der Waals surface area contributed by atoms with E-state index in [4.69, 9.17) is 4.74 Å². The summed E-state index contributed by atoms with van der Waals surface area (Å²) in [6.45, 7) is 10.2. The molecule has 1 heterocycles. The van der Waals surface area contributed by atoms with Gasteiger partial charge in [0.1, 0.15) is 0 Å². The number of esters is 1. The van der Waals surface area contributed by atoms with Crippen molar-refractivity contribution >= 4 is 5.97 Å². The van der Waals surface area contributed by atoms with Gasteiger partial charge < -0.3 is 4.74 Å². The zero-order chi connectivity index (χ0) is 16.3. The Morgan fingerprint density at radius 2 is 1.82 bits per heavy atom. The van der Waals surface area contributed by atoms with Gasteiger partial charge in [0.15, 0.2) is 0 Å². The van der Waals surface area contributed by atoms with Crippen LogP contribution in [0.25, 0.3) is 5.69 Å². The molecule has 0 spiro atoms. The van der Waals surface area contributed by atoms with E-state index >= 15 is 0 Å². The van der Waals surface area contributed by atoms with Gasteiger partial charge in [-0.25, -0.2) is 4.68 Å². The summed E-state index contributed by atoms with van der Waals surface area (Å²) in [6, 6.07) is 9.85. The quantitative estimate of drug-likeness (QED) is 0.775. The Balaban J connectivity index is 2.35. The predicted octanol–water partition coefficient (Wildman–Crippen LogP) is 4.26. The molecule has 0 saturated carbocycles. The fraction of sp³-hybridized carbons (Fsp3) is 0.444. The summed E-state index contributed by atoms with van der Waals surface area (Å²) in [4.78, 5) is 12.0. The van der Waals surface area contributed by atoms with E-state index in [1.165, 1.54) is 5.56 Å². The van der Waals surface area contributed by atoms with Crippen LogP contribution in [0.4, 0.5) is 0 Å². The Bertz CT molecular complexity index is 640. The van der Waals surface area contributed by atoms with Gasteiger partial charge >= 0.3 is 5.97 Å². The minimum atomic E-state index is -0.224. The molecule has 0 radical (unpaired) electrons. The highest BCUT2D eigenvalue weighted by Gasteiger charge is 2.16. The molecule has 22 heavy (non-hydrogen) atoms. The predicted molar refractivity (Wildman–Crippen MR) is 87.5 cm³/mol. The van der Waals surface area contributed by atoms with Crippen molar-refractivity contribution in [3.05, 3.63) is 41.6 Å². The average molecular weight is 300 g/mol. The van der Waals surface area contributed by atoms with E-state index in [0.717, 1.165) is 11.4 Å². The molecule has 4 heteroatoms. The topological polar surface area (TPSA) is 44.1 Å². The van der Waals surface area contributed by atoms with Gasteiger partial charge in [-0.3, -0.25) is 4.79 Å². The van der Waals surface area contributed by atoms with Crippen LogP contribution in [-0.2, 0) is 4.79 Å². The molecule has 118 valence electrons. The molecule has 0 aliphatic carbocycles. The highest BCUT2D eigenvalue weighted by atomic mass is 16.5. The molecule has 0 N–H and O–H groups in total. The van der Waals surface area contributed by atoms with Gasteiger partial charge in [-0.15, -0.1) is 0 Å². The molecular formula is C18H24N2O2. The van der Waals surface area contributed by atoms with Gasteiger partial charge in [-0.1, -0.05) is 45.4 Å². The fourth-order valence-corrected chi connectivity index (χ4v) is 2.10. The molecule has 0 bridgehead atoms. The van der Waals surface area contributed by atoms with E-state index in [0.29, 0.717) is 12.3 Å². The molecule has 0 saturated heterocycles. The molecule has 0 aliphatic rings. The van der Waals surface area contributed by atoms with Gasteiger partial charge in [0.2, 0.25) is 5.88 Å². The van der Waals surface area contributed by atoms with Crippen molar-refractivity contribution in [1.29, 1.82) is 0 Å². The first-order valence-electron chi connectivity index (χ1n) is 7.74. The van der Waals surface area contributed by atoms with Crippen LogP contribution in [0.5, 0.6) is 5.88 Å². The third-order valence-electron chi connectivity index (χ3n) is 3.36. The van der Waals surface area contributed by atoms with Gasteiger partial charge in [0.05, 0.1) is 11.4 Å². The van der Waals surface area contributed by atoms with Crippen molar-refractivity contribution in [1.82, 2.24) is 9.78 Å². The van der Waals surface area contributed by atoms with Crippen LogP contribution in [-0.4, -0.2) is 15.7 Å². The lowest BCUT2D eigenvalue weighted by Gasteiger charge is -2.09. The second-order valence-corrected chi connectivity index (χ2v) is 6.38. The summed E-state index contributed by atoms with van der Waals surface area (Å²) in [7, 11) is 0. The lowest BCUT2D eigenvalue weighted by atomic mass is 10.1. The molecule has 0 atom stereocenters. The molecule has 1 aromatic carbocycles. The maximum Gasteiger partial charge on any atom is 0.312 e. The number of carbonyl (C=O) groups excluding carboxylic acids is 1. The molecule has 4 nitrogen and oxygen atoms in total. The standard InChI is InChI=1S/C18H24N2O2/c1-12(2)10-18(21)22-17-11-16(13(3)4)19-20(17)15-8-6-14(5)7-9-15/h6-9,11-13H,10H2,1-5H3. The highest BCUT2D eigenvalue weighted by molar-refractivity contribution is 5.72. The normalized spacial score (nSPS) is 11.2. The third-order valence-corrected chi connectivity index (χ3v) is 3.36. The van der Waals surface area contributed by atoms with Gasteiger partial charge in [0.25, 0.3) is 0 Å². The molecule has 1 aromatic heterocycles. The summed E-state index contributed by atoms with van der Waals surface area (Å²) >= 11 is 0. The number of carbonyl (C=O) groups is 1. The lowest BCUT2D eigenvalue weighted by Crippen LogP contribution is -2.13. The molecule has 0 fully saturated rings. The van der Waals surface area contributed by atoms with Crippen molar-refractivity contribution < 1.29 is 9.53 Å². The van der Waals surface area contributed by atoms with E-state index in [2.05, 4.69) is 18.9 Å². The van der Waals surface area contributed by atoms with Crippen LogP contribution < -0.4 is 4.74 Å². The number of hydrogen-bond donors (Lipinski definition) is 0. The Morgan fingerprint density at radius 3 is 2.36 bits per heavy atom. The second-order valence-electron chi connectivity index (χ2n) is 6.38. The molecule has 0 unspecified atom stereocenters. The first kappa shape index (κ1) is 16.3. The summed E-state index contributed by atoms with van der Waals surface area (Å²) in [5, 5.41) is 4.58. The second kappa shape index (κ2) is 6.77. The highest BCUT2D eigenvalue weighted by Crippen LogP contribution is 2.24. The Labute approximate surface area is 132 Å². The van der Waals surface area contributed by atoms with Crippen LogP contribution in [0.3, 0.4) is 0 Å². The van der Waals surface area contributed by atoms with Crippen molar-refractivity contribution in [2.24, 2.45) is 5.92 Å². The zero-order valence-electron chi connectivity index (χ0n) is 14.0. The van der Waals surface area contributed by atoms with Crippen molar-refractivity contribution in [2.75, 3.05) is 0 Å². The summed E-state index contributed by atoms with van der Waals surface area (Å²) < 4.78 is 7.23. The molecular weight excluding hydrogens is 276 g/mol. The molecule has 0 aliphatic heterocycles. The number of hydrogen-bond acceptors (Lipinski definition) is 3. The SMILES string of the molecule is Cc1ccc(-n2nc(C(C)C)cc2OC(=O)CC(C)C)cc1. The van der Waals surface area contributed by atoms with Crippen molar-refractivity contribution in [2.45, 2.75) is 47.0 Å². The van der Waals surface area contributed by atoms with E-state index < -0.39 is 0 Å². The largest absolute Gasteiger partial charge is 0.407 e. The minimum Gasteiger partial charge on any atom is -0.407 e. The monoisotopic (exact) mass is 300 g/mol. The lowest BCUT2D eigenvalue weighted by molar-refractivity contribution is -0.135. The molecule has 2 aromatic rings. The maximum absolute atomic E-state index is 12.0. The number of aromatic nitrogens is 2. The van der Waals surface area contributed by atoms with Crippen LogP contribution in [0, 0.1) is 12.8 Å². The number of aryl methyl sites for hydroxylation is 1. The Morgan fingerprint density at radius 1 is 1.18 bits per heavy atom. The van der Waals surface area contributed by atoms with Crippen LogP contribution in [0.2, 0.25) is 0 Å². The number of rotatable bonds is 5. The average Bonchev–Trinajstić information content (AvgIpc) is 2.82. The summed E-state index contributed by atoms with van der Waals surface area (Å²) in [5.74, 6) is 0.804. The van der Waals surface area contributed by atoms with Gasteiger partial charge in [-0.05, 0) is 30.9 Å². The fourth-order valence-electron chi connectivity index (χ4n) is 2.10. The van der Waals surface area contributed by atoms with Crippen molar-refractivity contribution in [3.8, 4) is 11.6 Å². The van der Waals surface area contributed by atoms with Gasteiger partial charge in [-0.2, -0.15) is 5.10 Å². The smallest absolute Gasteiger partial charge is 0.312 e. The number of ether oxygens (including phenoxy) is 1. The van der Waals surface area contributed by atoms with E-state index in [-0.39, 0.29) is 17.8 Å². The summed E-state index contributed by atoms with van der Waals surface area (Å²) in [6.07, 6.45) is 0.399. The number of benzene rings is 1. The Kier molecular flexibility index (Phi) is 5.01. The Hall–Kier alpha value is -2.10. The zero-order valence-corrected chi connectivity index (χ0v) is 14.0. The van der Waals surface area contributed by atoms with E-state index in [1.54, 1.807) is 4.68 Å². The maximum atomic E-state index is 12.0. The van der Waals surface area contributed by atoms with Crippen LogP contribution >= 0.6 is 0 Å². The number of nitrogens with zero attached hydrogens (tertiary/aromatic N) is 2. The van der Waals surface area contributed by atoms with Crippen LogP contribution in [0.15, 0.2) is 30.3 Å². The van der Waals surface area contributed by atoms with E-state index in [1.807, 2.05) is 51.1 Å². The minimum absolute atomic E-state index is 0.224.